The maximum atomic E-state index is 11.6. The zero-order valence-corrected chi connectivity index (χ0v) is 20.6. The fourth-order valence-corrected chi connectivity index (χ4v) is 3.48. The fourth-order valence-electron chi connectivity index (χ4n) is 3.48. The zero-order chi connectivity index (χ0) is 21.2. The van der Waals surface area contributed by atoms with Crippen LogP contribution < -0.4 is 10.6 Å². The summed E-state index contributed by atoms with van der Waals surface area (Å²) in [7, 11) is 3.47. The van der Waals surface area contributed by atoms with Crippen LogP contribution in [0.2, 0.25) is 0 Å². The van der Waals surface area contributed by atoms with E-state index in [9.17, 15) is 4.79 Å². The minimum Gasteiger partial charge on any atom is -0.355 e. The largest absolute Gasteiger partial charge is 0.355 e. The second-order valence-electron chi connectivity index (χ2n) is 7.28. The van der Waals surface area contributed by atoms with Gasteiger partial charge in [-0.05, 0) is 23.3 Å². The molecule has 2 aromatic rings. The van der Waals surface area contributed by atoms with E-state index in [2.05, 4.69) is 61.8 Å². The first-order valence-electron chi connectivity index (χ1n) is 10.4. The summed E-state index contributed by atoms with van der Waals surface area (Å²) < 4.78 is 0. The molecule has 3 rings (SSSR count). The third-order valence-corrected chi connectivity index (χ3v) is 5.25. The highest BCUT2D eigenvalue weighted by Crippen LogP contribution is 2.07. The van der Waals surface area contributed by atoms with Gasteiger partial charge in [0.2, 0.25) is 0 Å². The molecule has 31 heavy (non-hydrogen) atoms. The first-order valence-corrected chi connectivity index (χ1v) is 10.4. The van der Waals surface area contributed by atoms with E-state index in [4.69, 9.17) is 0 Å². The molecule has 1 fully saturated rings. The van der Waals surface area contributed by atoms with Gasteiger partial charge >= 0.3 is 0 Å². The summed E-state index contributed by atoms with van der Waals surface area (Å²) in [4.78, 5) is 20.9. The van der Waals surface area contributed by atoms with Crippen LogP contribution in [0.3, 0.4) is 0 Å². The molecule has 1 aliphatic heterocycles. The van der Waals surface area contributed by atoms with Gasteiger partial charge < -0.3 is 15.5 Å². The summed E-state index contributed by atoms with van der Waals surface area (Å²) in [5.41, 5.74) is 3.03. The average molecular weight is 533 g/mol. The molecule has 0 bridgehead atoms. The molecule has 1 heterocycles. The van der Waals surface area contributed by atoms with Crippen molar-refractivity contribution in [2.45, 2.75) is 6.54 Å². The Hall–Kier alpha value is -2.39. The smallest absolute Gasteiger partial charge is 0.251 e. The Labute approximate surface area is 202 Å². The Bertz CT molecular complexity index is 859. The van der Waals surface area contributed by atoms with Gasteiger partial charge in [0.15, 0.2) is 5.96 Å². The SMILES string of the molecule is CN=C(NCc1ccc(C(=O)NC)cc1)N1CCN(C/C=C/c2ccccc2)CC1.I. The van der Waals surface area contributed by atoms with Crippen LogP contribution in [0, 0.1) is 0 Å². The number of nitrogens with one attached hydrogen (secondary N) is 2. The lowest BCUT2D eigenvalue weighted by atomic mass is 10.1. The number of amides is 1. The monoisotopic (exact) mass is 533 g/mol. The summed E-state index contributed by atoms with van der Waals surface area (Å²) in [6.07, 6.45) is 4.42. The molecular weight excluding hydrogens is 501 g/mol. The molecule has 7 heteroatoms. The number of rotatable bonds is 6. The molecule has 0 aliphatic carbocycles. The molecule has 2 N–H and O–H groups in total. The maximum absolute atomic E-state index is 11.6. The molecule has 0 aromatic heterocycles. The molecule has 6 nitrogen and oxygen atoms in total. The van der Waals surface area contributed by atoms with Crippen molar-refractivity contribution < 1.29 is 4.79 Å². The van der Waals surface area contributed by atoms with E-state index in [1.165, 1.54) is 5.56 Å². The molecule has 0 unspecified atom stereocenters. The zero-order valence-electron chi connectivity index (χ0n) is 18.3. The van der Waals surface area contributed by atoms with Gasteiger partial charge in [-0.15, -0.1) is 24.0 Å². The molecular formula is C24H32IN5O. The third-order valence-electron chi connectivity index (χ3n) is 5.25. The van der Waals surface area contributed by atoms with Crippen LogP contribution in [0.25, 0.3) is 6.08 Å². The third kappa shape index (κ3) is 7.66. The van der Waals surface area contributed by atoms with Crippen molar-refractivity contribution in [2.75, 3.05) is 46.8 Å². The second-order valence-corrected chi connectivity index (χ2v) is 7.28. The second kappa shape index (κ2) is 13.1. The van der Waals surface area contributed by atoms with Crippen molar-refractivity contribution in [3.05, 3.63) is 77.4 Å². The number of carbonyl (C=O) groups excluding carboxylic acids is 1. The Morgan fingerprint density at radius 2 is 1.71 bits per heavy atom. The van der Waals surface area contributed by atoms with Crippen molar-refractivity contribution in [3.8, 4) is 0 Å². The number of aliphatic imine (C=N–C) groups is 1. The van der Waals surface area contributed by atoms with E-state index in [1.807, 2.05) is 37.4 Å². The summed E-state index contributed by atoms with van der Waals surface area (Å²) in [6, 6.07) is 18.1. The van der Waals surface area contributed by atoms with Gasteiger partial charge in [-0.2, -0.15) is 0 Å². The highest BCUT2D eigenvalue weighted by atomic mass is 127. The summed E-state index contributed by atoms with van der Waals surface area (Å²) in [5.74, 6) is 0.853. The Morgan fingerprint density at radius 1 is 1.03 bits per heavy atom. The van der Waals surface area contributed by atoms with Gasteiger partial charge in [0.1, 0.15) is 0 Å². The molecule has 166 valence electrons. The number of hydrogen-bond acceptors (Lipinski definition) is 3. The summed E-state index contributed by atoms with van der Waals surface area (Å²) in [5, 5.41) is 6.08. The van der Waals surface area contributed by atoms with E-state index >= 15 is 0 Å². The number of carbonyl (C=O) groups is 1. The summed E-state index contributed by atoms with van der Waals surface area (Å²) in [6.45, 7) is 5.58. The molecule has 2 aromatic carbocycles. The topological polar surface area (TPSA) is 60.0 Å². The number of hydrogen-bond donors (Lipinski definition) is 2. The standard InChI is InChI=1S/C24H31N5O.HI/c1-25-23(30)22-12-10-21(11-13-22)19-27-24(26-2)29-17-15-28(16-18-29)14-6-9-20-7-4-3-5-8-20;/h3-13H,14-19H2,1-2H3,(H,25,30)(H,26,27);1H/b9-6+;. The summed E-state index contributed by atoms with van der Waals surface area (Å²) >= 11 is 0. The van der Waals surface area contributed by atoms with Crippen LogP contribution in [0.5, 0.6) is 0 Å². The van der Waals surface area contributed by atoms with E-state index in [1.54, 1.807) is 7.05 Å². The van der Waals surface area contributed by atoms with E-state index in [0.29, 0.717) is 12.1 Å². The van der Waals surface area contributed by atoms with Crippen LogP contribution in [0.4, 0.5) is 0 Å². The van der Waals surface area contributed by atoms with Gasteiger partial charge in [0.05, 0.1) is 0 Å². The van der Waals surface area contributed by atoms with Crippen molar-refractivity contribution in [3.63, 3.8) is 0 Å². The molecule has 0 saturated carbocycles. The number of guanidine groups is 1. The van der Waals surface area contributed by atoms with Crippen LogP contribution in [0.15, 0.2) is 65.7 Å². The predicted octanol–water partition coefficient (Wildman–Crippen LogP) is 3.07. The lowest BCUT2D eigenvalue weighted by Crippen LogP contribution is -2.52. The highest BCUT2D eigenvalue weighted by molar-refractivity contribution is 14.0. The average Bonchev–Trinajstić information content (AvgIpc) is 2.81. The van der Waals surface area contributed by atoms with Gasteiger partial charge in [0, 0.05) is 58.9 Å². The molecule has 0 atom stereocenters. The number of nitrogens with zero attached hydrogens (tertiary/aromatic N) is 3. The Kier molecular flexibility index (Phi) is 10.5. The van der Waals surface area contributed by atoms with Crippen molar-refractivity contribution in [2.24, 2.45) is 4.99 Å². The van der Waals surface area contributed by atoms with E-state index in [0.717, 1.165) is 44.2 Å². The van der Waals surface area contributed by atoms with Crippen LogP contribution >= 0.6 is 24.0 Å². The highest BCUT2D eigenvalue weighted by Gasteiger charge is 2.18. The van der Waals surface area contributed by atoms with Crippen molar-refractivity contribution >= 4 is 41.9 Å². The molecule has 1 saturated heterocycles. The minimum atomic E-state index is -0.0678. The number of benzene rings is 2. The number of halogens is 1. The lowest BCUT2D eigenvalue weighted by molar-refractivity contribution is 0.0963. The van der Waals surface area contributed by atoms with E-state index < -0.39 is 0 Å². The predicted molar refractivity (Wildman–Crippen MR) is 139 cm³/mol. The molecule has 1 amide bonds. The minimum absolute atomic E-state index is 0. The van der Waals surface area contributed by atoms with E-state index in [-0.39, 0.29) is 29.9 Å². The van der Waals surface area contributed by atoms with Crippen LogP contribution in [-0.2, 0) is 6.54 Å². The van der Waals surface area contributed by atoms with Gasteiger partial charge in [-0.25, -0.2) is 0 Å². The first-order chi connectivity index (χ1) is 14.7. The maximum Gasteiger partial charge on any atom is 0.251 e. The van der Waals surface area contributed by atoms with Crippen LogP contribution in [-0.4, -0.2) is 68.5 Å². The van der Waals surface area contributed by atoms with Crippen LogP contribution in [0.1, 0.15) is 21.5 Å². The first kappa shape index (κ1) is 24.9. The number of piperazine rings is 1. The fraction of sp³-hybridized carbons (Fsp3) is 0.333. The van der Waals surface area contributed by atoms with Crippen molar-refractivity contribution in [1.82, 2.24) is 20.4 Å². The van der Waals surface area contributed by atoms with Gasteiger partial charge in [-0.1, -0.05) is 54.6 Å². The molecule has 0 spiro atoms. The Balaban J connectivity index is 0.00000341. The van der Waals surface area contributed by atoms with Gasteiger partial charge in [0.25, 0.3) is 5.91 Å². The lowest BCUT2D eigenvalue weighted by Gasteiger charge is -2.36. The van der Waals surface area contributed by atoms with Gasteiger partial charge in [-0.3, -0.25) is 14.7 Å². The quantitative estimate of drug-likeness (QED) is 0.341. The van der Waals surface area contributed by atoms with Crippen molar-refractivity contribution in [1.29, 1.82) is 0 Å². The molecule has 1 aliphatic rings. The normalized spacial score (nSPS) is 14.9. The Morgan fingerprint density at radius 3 is 2.32 bits per heavy atom. The molecule has 0 radical (unpaired) electrons.